The third-order valence-electron chi connectivity index (χ3n) is 4.86. The van der Waals surface area contributed by atoms with Crippen molar-refractivity contribution in [2.45, 2.75) is 37.4 Å². The van der Waals surface area contributed by atoms with Gasteiger partial charge in [-0.3, -0.25) is 14.5 Å². The molecule has 3 rings (SSSR count). The van der Waals surface area contributed by atoms with Crippen LogP contribution in [0.4, 0.5) is 0 Å². The second-order valence-electron chi connectivity index (χ2n) is 6.94. The molecule has 0 N–H and O–H groups in total. The quantitative estimate of drug-likeness (QED) is 0.472. The molecule has 0 aromatic heterocycles. The molecule has 30 heavy (non-hydrogen) atoms. The molecule has 7 heteroatoms. The first-order chi connectivity index (χ1) is 14.6. The molecule has 0 amide bonds. The molecule has 1 fully saturated rings. The van der Waals surface area contributed by atoms with Gasteiger partial charge in [-0.1, -0.05) is 48.5 Å². The number of esters is 2. The van der Waals surface area contributed by atoms with E-state index in [9.17, 15) is 9.59 Å². The Labute approximate surface area is 182 Å². The smallest absolute Gasteiger partial charge is 0.324 e. The Morgan fingerprint density at radius 2 is 1.37 bits per heavy atom. The highest BCUT2D eigenvalue weighted by molar-refractivity contribution is 7.97. The summed E-state index contributed by atoms with van der Waals surface area (Å²) >= 11 is 1.54. The van der Waals surface area contributed by atoms with Crippen molar-refractivity contribution in [2.75, 3.05) is 26.3 Å². The fraction of sp³-hybridized carbons (Fsp3) is 0.391. The largest absolute Gasteiger partial charge is 0.465 e. The van der Waals surface area contributed by atoms with Crippen LogP contribution >= 0.6 is 11.9 Å². The van der Waals surface area contributed by atoms with E-state index < -0.39 is 12.1 Å². The summed E-state index contributed by atoms with van der Waals surface area (Å²) in [5.41, 5.74) is 1.03. The first kappa shape index (κ1) is 22.3. The maximum atomic E-state index is 12.9. The van der Waals surface area contributed by atoms with Gasteiger partial charge < -0.3 is 9.47 Å². The van der Waals surface area contributed by atoms with Crippen molar-refractivity contribution in [1.82, 2.24) is 9.21 Å². The van der Waals surface area contributed by atoms with Gasteiger partial charge in [-0.25, -0.2) is 4.31 Å². The van der Waals surface area contributed by atoms with Crippen LogP contribution in [0.2, 0.25) is 0 Å². The van der Waals surface area contributed by atoms with Crippen molar-refractivity contribution >= 4 is 23.9 Å². The van der Waals surface area contributed by atoms with Crippen molar-refractivity contribution in [3.8, 4) is 0 Å². The Morgan fingerprint density at radius 1 is 0.867 bits per heavy atom. The first-order valence-electron chi connectivity index (χ1n) is 10.2. The molecule has 0 spiro atoms. The van der Waals surface area contributed by atoms with Crippen LogP contribution in [0.25, 0.3) is 0 Å². The Hall–Kier alpha value is -2.35. The first-order valence-corrected chi connectivity index (χ1v) is 11.0. The Morgan fingerprint density at radius 3 is 1.87 bits per heavy atom. The van der Waals surface area contributed by atoms with Crippen LogP contribution in [0.1, 0.15) is 19.4 Å². The number of hydrogen-bond donors (Lipinski definition) is 0. The Kier molecular flexibility index (Phi) is 8.30. The second kappa shape index (κ2) is 11.2. The third kappa shape index (κ3) is 5.84. The van der Waals surface area contributed by atoms with Crippen LogP contribution in [0, 0.1) is 0 Å². The van der Waals surface area contributed by atoms with Crippen LogP contribution in [0.15, 0.2) is 65.6 Å². The standard InChI is InChI=1S/C23H28N2O4S/c1-3-28-22(26)20-16-24(30-19-13-9-6-10-14-19)17-21(23(27)29-4-2)25(20)15-18-11-7-5-8-12-18/h5-14,20-21H,3-4,15-17H2,1-2H3. The van der Waals surface area contributed by atoms with Crippen LogP contribution < -0.4 is 0 Å². The summed E-state index contributed by atoms with van der Waals surface area (Å²) < 4.78 is 12.8. The minimum absolute atomic E-state index is 0.296. The van der Waals surface area contributed by atoms with Gasteiger partial charge in [-0.15, -0.1) is 0 Å². The van der Waals surface area contributed by atoms with E-state index in [0.29, 0.717) is 32.8 Å². The highest BCUT2D eigenvalue weighted by Crippen LogP contribution is 2.30. The molecular weight excluding hydrogens is 400 g/mol. The molecule has 0 aliphatic carbocycles. The predicted molar refractivity (Wildman–Crippen MR) is 117 cm³/mol. The molecule has 2 unspecified atom stereocenters. The van der Waals surface area contributed by atoms with E-state index in [1.54, 1.807) is 25.8 Å². The van der Waals surface area contributed by atoms with Gasteiger partial charge in [0.2, 0.25) is 0 Å². The summed E-state index contributed by atoms with van der Waals surface area (Å²) in [7, 11) is 0. The van der Waals surface area contributed by atoms with E-state index in [0.717, 1.165) is 10.5 Å². The number of ether oxygens (including phenoxy) is 2. The fourth-order valence-corrected chi connectivity index (χ4v) is 4.51. The molecule has 160 valence electrons. The lowest BCUT2D eigenvalue weighted by Crippen LogP contribution is -2.62. The van der Waals surface area contributed by atoms with Gasteiger partial charge in [0.1, 0.15) is 12.1 Å². The zero-order valence-electron chi connectivity index (χ0n) is 17.4. The van der Waals surface area contributed by atoms with Gasteiger partial charge in [0.25, 0.3) is 0 Å². The zero-order valence-corrected chi connectivity index (χ0v) is 18.2. The topological polar surface area (TPSA) is 59.1 Å². The number of carbonyl (C=O) groups is 2. The molecular formula is C23H28N2O4S. The molecule has 1 saturated heterocycles. The van der Waals surface area contributed by atoms with Gasteiger partial charge in [0, 0.05) is 24.5 Å². The van der Waals surface area contributed by atoms with Crippen LogP contribution in [-0.2, 0) is 25.6 Å². The van der Waals surface area contributed by atoms with Crippen molar-refractivity contribution in [2.24, 2.45) is 0 Å². The van der Waals surface area contributed by atoms with E-state index in [1.165, 1.54) is 0 Å². The van der Waals surface area contributed by atoms with Crippen LogP contribution in [0.5, 0.6) is 0 Å². The lowest BCUT2D eigenvalue weighted by Gasteiger charge is -2.43. The lowest BCUT2D eigenvalue weighted by molar-refractivity contribution is -0.161. The van der Waals surface area contributed by atoms with Gasteiger partial charge in [-0.05, 0) is 43.5 Å². The van der Waals surface area contributed by atoms with Crippen molar-refractivity contribution < 1.29 is 19.1 Å². The molecule has 0 saturated carbocycles. The van der Waals surface area contributed by atoms with E-state index in [-0.39, 0.29) is 11.9 Å². The minimum Gasteiger partial charge on any atom is -0.465 e. The molecule has 6 nitrogen and oxygen atoms in total. The van der Waals surface area contributed by atoms with E-state index in [2.05, 4.69) is 4.31 Å². The lowest BCUT2D eigenvalue weighted by atomic mass is 10.1. The summed E-state index contributed by atoms with van der Waals surface area (Å²) in [6.45, 7) is 5.57. The number of carbonyl (C=O) groups excluding carboxylic acids is 2. The van der Waals surface area contributed by atoms with Crippen molar-refractivity contribution in [3.05, 3.63) is 66.2 Å². The number of rotatable bonds is 8. The summed E-state index contributed by atoms with van der Waals surface area (Å²) in [4.78, 5) is 28.7. The van der Waals surface area contributed by atoms with E-state index >= 15 is 0 Å². The van der Waals surface area contributed by atoms with E-state index in [1.807, 2.05) is 65.6 Å². The van der Waals surface area contributed by atoms with Gasteiger partial charge in [0.05, 0.1) is 13.2 Å². The fourth-order valence-electron chi connectivity index (χ4n) is 3.50. The van der Waals surface area contributed by atoms with Crippen molar-refractivity contribution in [1.29, 1.82) is 0 Å². The molecule has 2 atom stereocenters. The summed E-state index contributed by atoms with van der Waals surface area (Å²) in [5, 5.41) is 0. The highest BCUT2D eigenvalue weighted by Gasteiger charge is 2.43. The minimum atomic E-state index is -0.565. The molecule has 0 radical (unpaired) electrons. The SMILES string of the molecule is CCOC(=O)C1CN(Sc2ccccc2)CC(C(=O)OCC)N1Cc1ccccc1. The average Bonchev–Trinajstić information content (AvgIpc) is 2.76. The maximum absolute atomic E-state index is 12.9. The number of benzene rings is 2. The maximum Gasteiger partial charge on any atom is 0.324 e. The predicted octanol–water partition coefficient (Wildman–Crippen LogP) is 3.37. The zero-order chi connectivity index (χ0) is 21.3. The van der Waals surface area contributed by atoms with Gasteiger partial charge in [0.15, 0.2) is 0 Å². The normalized spacial score (nSPS) is 19.9. The molecule has 2 aromatic rings. The highest BCUT2D eigenvalue weighted by atomic mass is 32.2. The molecule has 1 aliphatic heterocycles. The molecule has 1 aliphatic rings. The summed E-state index contributed by atoms with van der Waals surface area (Å²) in [5.74, 6) is -0.637. The second-order valence-corrected chi connectivity index (χ2v) is 8.12. The average molecular weight is 429 g/mol. The van der Waals surface area contributed by atoms with Crippen LogP contribution in [-0.4, -0.2) is 59.5 Å². The molecule has 0 bridgehead atoms. The Bertz CT molecular complexity index is 790. The third-order valence-corrected chi connectivity index (χ3v) is 5.90. The molecule has 1 heterocycles. The van der Waals surface area contributed by atoms with Gasteiger partial charge in [-0.2, -0.15) is 0 Å². The number of nitrogens with zero attached hydrogens (tertiary/aromatic N) is 2. The molecule has 2 aromatic carbocycles. The number of hydrogen-bond acceptors (Lipinski definition) is 7. The van der Waals surface area contributed by atoms with E-state index in [4.69, 9.17) is 9.47 Å². The summed E-state index contributed by atoms with van der Waals surface area (Å²) in [6, 6.07) is 18.7. The van der Waals surface area contributed by atoms with Crippen molar-refractivity contribution in [3.63, 3.8) is 0 Å². The van der Waals surface area contributed by atoms with Gasteiger partial charge >= 0.3 is 11.9 Å². The summed E-state index contributed by atoms with van der Waals surface area (Å²) in [6.07, 6.45) is 0. The van der Waals surface area contributed by atoms with Crippen LogP contribution in [0.3, 0.4) is 0 Å². The Balaban J connectivity index is 1.89. The monoisotopic (exact) mass is 428 g/mol. The number of piperazine rings is 1.